The van der Waals surface area contributed by atoms with E-state index in [0.29, 0.717) is 23.3 Å². The molecule has 0 saturated heterocycles. The van der Waals surface area contributed by atoms with Crippen molar-refractivity contribution in [2.24, 2.45) is 0 Å². The Balaban J connectivity index is 3.01. The van der Waals surface area contributed by atoms with Gasteiger partial charge in [-0.1, -0.05) is 0 Å². The lowest BCUT2D eigenvalue weighted by atomic mass is 10.2. The molecule has 0 bridgehead atoms. The van der Waals surface area contributed by atoms with Crippen molar-refractivity contribution in [3.8, 4) is 11.5 Å². The maximum Gasteiger partial charge on any atom is 0.308 e. The Morgan fingerprint density at radius 1 is 1.43 bits per heavy atom. The summed E-state index contributed by atoms with van der Waals surface area (Å²) in [6.45, 7) is 1.30. The molecule has 0 aliphatic heterocycles. The molecule has 0 amide bonds. The smallest absolute Gasteiger partial charge is 0.308 e. The maximum atomic E-state index is 10.6. The molecular weight excluding hydrogens is 184 g/mol. The Kier molecular flexibility index (Phi) is 3.23. The summed E-state index contributed by atoms with van der Waals surface area (Å²) in [5.74, 6) is 0.364. The number of carbonyl (C=O) groups is 2. The first-order valence-electron chi connectivity index (χ1n) is 3.99. The highest BCUT2D eigenvalue weighted by atomic mass is 16.5. The molecule has 0 aliphatic rings. The number of benzene rings is 1. The third-order valence-electron chi connectivity index (χ3n) is 1.59. The van der Waals surface area contributed by atoms with E-state index < -0.39 is 5.97 Å². The third-order valence-corrected chi connectivity index (χ3v) is 1.59. The van der Waals surface area contributed by atoms with Gasteiger partial charge in [-0.25, -0.2) is 0 Å². The summed E-state index contributed by atoms with van der Waals surface area (Å²) in [5.41, 5.74) is 0.353. The number of carbonyl (C=O) groups excluding carboxylic acids is 2. The van der Waals surface area contributed by atoms with E-state index >= 15 is 0 Å². The van der Waals surface area contributed by atoms with Crippen LogP contribution in [0.1, 0.15) is 17.3 Å². The number of methoxy groups -OCH3 is 1. The van der Waals surface area contributed by atoms with Crippen LogP contribution in [0.3, 0.4) is 0 Å². The molecule has 74 valence electrons. The number of aldehydes is 1. The van der Waals surface area contributed by atoms with Gasteiger partial charge in [0.25, 0.3) is 0 Å². The molecule has 1 rings (SSSR count). The number of esters is 1. The van der Waals surface area contributed by atoms with Gasteiger partial charge in [-0.15, -0.1) is 0 Å². The van der Waals surface area contributed by atoms with Gasteiger partial charge in [0.05, 0.1) is 12.7 Å². The second-order valence-corrected chi connectivity index (χ2v) is 2.62. The second kappa shape index (κ2) is 4.41. The maximum absolute atomic E-state index is 10.6. The van der Waals surface area contributed by atoms with E-state index in [0.717, 1.165) is 0 Å². The summed E-state index contributed by atoms with van der Waals surface area (Å²) in [7, 11) is 1.47. The fraction of sp³-hybridized carbons (Fsp3) is 0.200. The van der Waals surface area contributed by atoms with Crippen molar-refractivity contribution in [1.29, 1.82) is 0 Å². The van der Waals surface area contributed by atoms with E-state index in [-0.39, 0.29) is 0 Å². The van der Waals surface area contributed by atoms with Gasteiger partial charge in [0.1, 0.15) is 11.5 Å². The van der Waals surface area contributed by atoms with Crippen LogP contribution in [0.2, 0.25) is 0 Å². The van der Waals surface area contributed by atoms with Gasteiger partial charge in [0.2, 0.25) is 0 Å². The molecule has 0 saturated carbocycles. The molecule has 0 aliphatic carbocycles. The normalized spacial score (nSPS) is 9.29. The van der Waals surface area contributed by atoms with Crippen molar-refractivity contribution in [3.63, 3.8) is 0 Å². The number of rotatable bonds is 3. The topological polar surface area (TPSA) is 52.6 Å². The Morgan fingerprint density at radius 2 is 2.14 bits per heavy atom. The number of hydrogen-bond donors (Lipinski definition) is 0. The first kappa shape index (κ1) is 10.2. The van der Waals surface area contributed by atoms with Crippen molar-refractivity contribution >= 4 is 12.3 Å². The fourth-order valence-corrected chi connectivity index (χ4v) is 1.03. The third kappa shape index (κ3) is 2.32. The first-order chi connectivity index (χ1) is 6.67. The Bertz CT molecular complexity index is 357. The van der Waals surface area contributed by atoms with Gasteiger partial charge < -0.3 is 9.47 Å². The highest BCUT2D eigenvalue weighted by Crippen LogP contribution is 2.22. The highest BCUT2D eigenvalue weighted by Gasteiger charge is 2.05. The van der Waals surface area contributed by atoms with Crippen molar-refractivity contribution in [2.75, 3.05) is 7.11 Å². The Labute approximate surface area is 81.4 Å². The van der Waals surface area contributed by atoms with Gasteiger partial charge in [-0.3, -0.25) is 9.59 Å². The van der Waals surface area contributed by atoms with Crippen molar-refractivity contribution in [1.82, 2.24) is 0 Å². The molecule has 0 heterocycles. The summed E-state index contributed by atoms with van der Waals surface area (Å²) in [5, 5.41) is 0. The minimum Gasteiger partial charge on any atom is -0.496 e. The summed E-state index contributed by atoms with van der Waals surface area (Å²) in [4.78, 5) is 21.2. The molecule has 1 aromatic carbocycles. The van der Waals surface area contributed by atoms with Crippen molar-refractivity contribution in [3.05, 3.63) is 23.8 Å². The monoisotopic (exact) mass is 194 g/mol. The molecule has 0 aromatic heterocycles. The predicted octanol–water partition coefficient (Wildman–Crippen LogP) is 1.43. The zero-order chi connectivity index (χ0) is 10.6. The minimum absolute atomic E-state index is 0.334. The molecule has 0 fully saturated rings. The van der Waals surface area contributed by atoms with E-state index in [1.165, 1.54) is 20.1 Å². The van der Waals surface area contributed by atoms with Crippen LogP contribution in [0.25, 0.3) is 0 Å². The van der Waals surface area contributed by atoms with Crippen LogP contribution in [-0.2, 0) is 4.79 Å². The van der Waals surface area contributed by atoms with Crippen LogP contribution in [0.5, 0.6) is 11.5 Å². The zero-order valence-corrected chi connectivity index (χ0v) is 7.94. The van der Waals surface area contributed by atoms with Crippen LogP contribution < -0.4 is 9.47 Å². The molecular formula is C10H10O4. The van der Waals surface area contributed by atoms with Gasteiger partial charge >= 0.3 is 5.97 Å². The van der Waals surface area contributed by atoms with Crippen LogP contribution in [0, 0.1) is 0 Å². The molecule has 4 heteroatoms. The SMILES string of the molecule is COc1ccc(OC(C)=O)cc1C=O. The standard InChI is InChI=1S/C10H10O4/c1-7(12)14-9-3-4-10(13-2)8(5-9)6-11/h3-6H,1-2H3. The second-order valence-electron chi connectivity index (χ2n) is 2.62. The van der Waals surface area contributed by atoms with E-state index in [9.17, 15) is 9.59 Å². The van der Waals surface area contributed by atoms with E-state index in [4.69, 9.17) is 9.47 Å². The Hall–Kier alpha value is -1.84. The summed E-state index contributed by atoms with van der Waals surface area (Å²) in [6.07, 6.45) is 0.645. The lowest BCUT2D eigenvalue weighted by Gasteiger charge is -2.05. The van der Waals surface area contributed by atoms with Crippen LogP contribution in [0.15, 0.2) is 18.2 Å². The summed E-state index contributed by atoms with van der Waals surface area (Å²) < 4.78 is 9.73. The molecule has 14 heavy (non-hydrogen) atoms. The van der Waals surface area contributed by atoms with E-state index in [1.54, 1.807) is 12.1 Å². The predicted molar refractivity (Wildman–Crippen MR) is 49.7 cm³/mol. The molecule has 0 unspecified atom stereocenters. The number of ether oxygens (including phenoxy) is 2. The molecule has 4 nitrogen and oxygen atoms in total. The first-order valence-corrected chi connectivity index (χ1v) is 3.99. The zero-order valence-electron chi connectivity index (χ0n) is 7.94. The highest BCUT2D eigenvalue weighted by molar-refractivity contribution is 5.80. The van der Waals surface area contributed by atoms with E-state index in [1.807, 2.05) is 0 Å². The minimum atomic E-state index is -0.424. The van der Waals surface area contributed by atoms with Crippen molar-refractivity contribution < 1.29 is 19.1 Å². The average molecular weight is 194 g/mol. The van der Waals surface area contributed by atoms with Gasteiger partial charge in [-0.05, 0) is 18.2 Å². The van der Waals surface area contributed by atoms with Crippen LogP contribution >= 0.6 is 0 Å². The quantitative estimate of drug-likeness (QED) is 0.415. The molecule has 0 spiro atoms. The van der Waals surface area contributed by atoms with Crippen LogP contribution in [-0.4, -0.2) is 19.4 Å². The van der Waals surface area contributed by atoms with Gasteiger partial charge in [0.15, 0.2) is 6.29 Å². The van der Waals surface area contributed by atoms with E-state index in [2.05, 4.69) is 0 Å². The van der Waals surface area contributed by atoms with Crippen molar-refractivity contribution in [2.45, 2.75) is 6.92 Å². The van der Waals surface area contributed by atoms with Gasteiger partial charge in [-0.2, -0.15) is 0 Å². The Morgan fingerprint density at radius 3 is 2.64 bits per heavy atom. The summed E-state index contributed by atoms with van der Waals surface area (Å²) >= 11 is 0. The average Bonchev–Trinajstić information content (AvgIpc) is 2.16. The molecule has 0 radical (unpaired) electrons. The lowest BCUT2D eigenvalue weighted by Crippen LogP contribution is -2.02. The largest absolute Gasteiger partial charge is 0.496 e. The summed E-state index contributed by atoms with van der Waals surface area (Å²) in [6, 6.07) is 4.59. The fourth-order valence-electron chi connectivity index (χ4n) is 1.03. The molecule has 0 atom stereocenters. The van der Waals surface area contributed by atoms with Crippen LogP contribution in [0.4, 0.5) is 0 Å². The molecule has 0 N–H and O–H groups in total. The molecule has 1 aromatic rings. The van der Waals surface area contributed by atoms with Gasteiger partial charge in [0, 0.05) is 6.92 Å². The number of hydrogen-bond acceptors (Lipinski definition) is 4. The lowest BCUT2D eigenvalue weighted by molar-refractivity contribution is -0.131.